The number of rotatable bonds is 5. The third-order valence-corrected chi connectivity index (χ3v) is 4.42. The van der Waals surface area contributed by atoms with Crippen LogP contribution in [0.5, 0.6) is 5.75 Å². The molecule has 0 unspecified atom stereocenters. The molecule has 0 atom stereocenters. The molecule has 1 saturated carbocycles. The van der Waals surface area contributed by atoms with Crippen molar-refractivity contribution in [2.75, 3.05) is 13.7 Å². The Labute approximate surface area is 127 Å². The summed E-state index contributed by atoms with van der Waals surface area (Å²) in [6.45, 7) is 4.10. The monoisotopic (exact) mass is 290 g/mol. The van der Waals surface area contributed by atoms with E-state index in [1.54, 1.807) is 21.0 Å². The van der Waals surface area contributed by atoms with Crippen molar-refractivity contribution in [2.45, 2.75) is 50.5 Å². The molecule has 116 valence electrons. The SMILES string of the molecule is COc1cccc(C2(CNC(=O)C(C)(C)N)CCCC2)c1. The Hall–Kier alpha value is -1.55. The Balaban J connectivity index is 2.18. The maximum Gasteiger partial charge on any atom is 0.239 e. The van der Waals surface area contributed by atoms with Crippen molar-refractivity contribution in [1.82, 2.24) is 5.32 Å². The van der Waals surface area contributed by atoms with E-state index in [4.69, 9.17) is 10.5 Å². The summed E-state index contributed by atoms with van der Waals surface area (Å²) in [6.07, 6.45) is 4.56. The number of hydrogen-bond acceptors (Lipinski definition) is 3. The van der Waals surface area contributed by atoms with E-state index >= 15 is 0 Å². The number of nitrogens with one attached hydrogen (secondary N) is 1. The molecule has 1 fully saturated rings. The smallest absolute Gasteiger partial charge is 0.239 e. The van der Waals surface area contributed by atoms with Crippen LogP contribution in [0.3, 0.4) is 0 Å². The highest BCUT2D eigenvalue weighted by Crippen LogP contribution is 2.41. The Bertz CT molecular complexity index is 500. The average molecular weight is 290 g/mol. The number of ether oxygens (including phenoxy) is 1. The fourth-order valence-electron chi connectivity index (χ4n) is 3.05. The molecule has 21 heavy (non-hydrogen) atoms. The molecule has 1 aromatic rings. The van der Waals surface area contributed by atoms with Crippen LogP contribution in [-0.4, -0.2) is 25.1 Å². The molecule has 1 aromatic carbocycles. The number of carbonyl (C=O) groups excluding carboxylic acids is 1. The first-order valence-electron chi connectivity index (χ1n) is 7.59. The number of methoxy groups -OCH3 is 1. The Kier molecular flexibility index (Phi) is 4.57. The van der Waals surface area contributed by atoms with Gasteiger partial charge in [0.05, 0.1) is 12.6 Å². The Morgan fingerprint density at radius 1 is 1.38 bits per heavy atom. The summed E-state index contributed by atoms with van der Waals surface area (Å²) < 4.78 is 5.33. The van der Waals surface area contributed by atoms with Gasteiger partial charge in [0.2, 0.25) is 5.91 Å². The van der Waals surface area contributed by atoms with Crippen LogP contribution in [0.15, 0.2) is 24.3 Å². The van der Waals surface area contributed by atoms with Gasteiger partial charge in [-0.15, -0.1) is 0 Å². The summed E-state index contributed by atoms with van der Waals surface area (Å²) in [5.74, 6) is 0.765. The molecular formula is C17H26N2O2. The van der Waals surface area contributed by atoms with Crippen LogP contribution in [0.2, 0.25) is 0 Å². The minimum absolute atomic E-state index is 0.00938. The third-order valence-electron chi connectivity index (χ3n) is 4.42. The van der Waals surface area contributed by atoms with Gasteiger partial charge in [0, 0.05) is 12.0 Å². The molecule has 0 radical (unpaired) electrons. The fraction of sp³-hybridized carbons (Fsp3) is 0.588. The quantitative estimate of drug-likeness (QED) is 0.875. The predicted molar refractivity (Wildman–Crippen MR) is 84.4 cm³/mol. The van der Waals surface area contributed by atoms with Gasteiger partial charge in [0.1, 0.15) is 5.75 Å². The highest BCUT2D eigenvalue weighted by atomic mass is 16.5. The van der Waals surface area contributed by atoms with Crippen LogP contribution >= 0.6 is 0 Å². The molecule has 0 saturated heterocycles. The second-order valence-corrected chi connectivity index (χ2v) is 6.62. The highest BCUT2D eigenvalue weighted by Gasteiger charge is 2.37. The van der Waals surface area contributed by atoms with E-state index in [1.165, 1.54) is 18.4 Å². The summed E-state index contributed by atoms with van der Waals surface area (Å²) in [5, 5.41) is 3.04. The zero-order valence-electron chi connectivity index (χ0n) is 13.2. The summed E-state index contributed by atoms with van der Waals surface area (Å²) in [7, 11) is 1.68. The van der Waals surface area contributed by atoms with Crippen molar-refractivity contribution in [3.05, 3.63) is 29.8 Å². The first-order chi connectivity index (χ1) is 9.87. The topological polar surface area (TPSA) is 64.3 Å². The number of carbonyl (C=O) groups is 1. The lowest BCUT2D eigenvalue weighted by Crippen LogP contribution is -2.52. The van der Waals surface area contributed by atoms with Gasteiger partial charge in [0.25, 0.3) is 0 Å². The molecule has 2 rings (SSSR count). The molecule has 3 N–H and O–H groups in total. The lowest BCUT2D eigenvalue weighted by molar-refractivity contribution is -0.125. The van der Waals surface area contributed by atoms with Gasteiger partial charge in [-0.2, -0.15) is 0 Å². The molecule has 0 heterocycles. The summed E-state index contributed by atoms with van der Waals surface area (Å²) in [4.78, 5) is 12.1. The number of amides is 1. The molecule has 1 amide bonds. The van der Waals surface area contributed by atoms with E-state index < -0.39 is 5.54 Å². The van der Waals surface area contributed by atoms with E-state index in [0.717, 1.165) is 18.6 Å². The maximum absolute atomic E-state index is 12.1. The van der Waals surface area contributed by atoms with Crippen molar-refractivity contribution in [1.29, 1.82) is 0 Å². The molecule has 0 spiro atoms. The van der Waals surface area contributed by atoms with Crippen molar-refractivity contribution in [3.63, 3.8) is 0 Å². The molecule has 0 bridgehead atoms. The molecule has 1 aliphatic carbocycles. The van der Waals surface area contributed by atoms with E-state index in [2.05, 4.69) is 17.4 Å². The number of nitrogens with two attached hydrogens (primary N) is 1. The molecule has 1 aliphatic rings. The Morgan fingerprint density at radius 3 is 2.62 bits per heavy atom. The molecule has 4 heteroatoms. The second kappa shape index (κ2) is 6.06. The molecule has 0 aromatic heterocycles. The normalized spacial score (nSPS) is 17.5. The second-order valence-electron chi connectivity index (χ2n) is 6.62. The summed E-state index contributed by atoms with van der Waals surface area (Å²) in [5.41, 5.74) is 6.27. The van der Waals surface area contributed by atoms with E-state index in [-0.39, 0.29) is 11.3 Å². The van der Waals surface area contributed by atoms with Crippen LogP contribution in [0.4, 0.5) is 0 Å². The lowest BCUT2D eigenvalue weighted by Gasteiger charge is -2.31. The molecule has 0 aliphatic heterocycles. The molecular weight excluding hydrogens is 264 g/mol. The average Bonchev–Trinajstić information content (AvgIpc) is 2.94. The van der Waals surface area contributed by atoms with Gasteiger partial charge in [0.15, 0.2) is 0 Å². The van der Waals surface area contributed by atoms with Crippen LogP contribution in [-0.2, 0) is 10.2 Å². The van der Waals surface area contributed by atoms with E-state index in [1.807, 2.05) is 12.1 Å². The number of hydrogen-bond donors (Lipinski definition) is 2. The van der Waals surface area contributed by atoms with Crippen LogP contribution in [0.1, 0.15) is 45.1 Å². The first-order valence-corrected chi connectivity index (χ1v) is 7.59. The minimum Gasteiger partial charge on any atom is -0.497 e. The van der Waals surface area contributed by atoms with Gasteiger partial charge in [-0.3, -0.25) is 4.79 Å². The lowest BCUT2D eigenvalue weighted by atomic mass is 9.78. The van der Waals surface area contributed by atoms with Gasteiger partial charge in [-0.25, -0.2) is 0 Å². The zero-order chi connectivity index (χ0) is 15.5. The van der Waals surface area contributed by atoms with E-state index in [9.17, 15) is 4.79 Å². The standard InChI is InChI=1S/C17H26N2O2/c1-16(2,18)15(20)19-12-17(9-4-5-10-17)13-7-6-8-14(11-13)21-3/h6-8,11H,4-5,9-10,12,18H2,1-3H3,(H,19,20). The van der Waals surface area contributed by atoms with Crippen LogP contribution in [0.25, 0.3) is 0 Å². The van der Waals surface area contributed by atoms with Crippen molar-refractivity contribution >= 4 is 5.91 Å². The van der Waals surface area contributed by atoms with Gasteiger partial charge >= 0.3 is 0 Å². The highest BCUT2D eigenvalue weighted by molar-refractivity contribution is 5.85. The van der Waals surface area contributed by atoms with Gasteiger partial charge in [-0.05, 0) is 44.4 Å². The third kappa shape index (κ3) is 3.56. The van der Waals surface area contributed by atoms with Crippen molar-refractivity contribution in [3.8, 4) is 5.75 Å². The van der Waals surface area contributed by atoms with Crippen molar-refractivity contribution in [2.24, 2.45) is 5.73 Å². The maximum atomic E-state index is 12.1. The van der Waals surface area contributed by atoms with E-state index in [0.29, 0.717) is 6.54 Å². The minimum atomic E-state index is -0.839. The molecule has 4 nitrogen and oxygen atoms in total. The van der Waals surface area contributed by atoms with Gasteiger partial charge < -0.3 is 15.8 Å². The zero-order valence-corrected chi connectivity index (χ0v) is 13.2. The first kappa shape index (κ1) is 15.8. The summed E-state index contributed by atoms with van der Waals surface area (Å²) in [6, 6.07) is 8.19. The van der Waals surface area contributed by atoms with Gasteiger partial charge in [-0.1, -0.05) is 25.0 Å². The van der Waals surface area contributed by atoms with Crippen LogP contribution in [0, 0.1) is 0 Å². The Morgan fingerprint density at radius 2 is 2.05 bits per heavy atom. The summed E-state index contributed by atoms with van der Waals surface area (Å²) >= 11 is 0. The largest absolute Gasteiger partial charge is 0.497 e. The predicted octanol–water partition coefficient (Wildman–Crippen LogP) is 2.36. The fourth-order valence-corrected chi connectivity index (χ4v) is 3.05. The van der Waals surface area contributed by atoms with Crippen molar-refractivity contribution < 1.29 is 9.53 Å². The number of benzene rings is 1. The van der Waals surface area contributed by atoms with Crippen LogP contribution < -0.4 is 15.8 Å².